The van der Waals surface area contributed by atoms with Crippen molar-refractivity contribution in [1.29, 1.82) is 0 Å². The maximum absolute atomic E-state index is 13.1. The molecule has 0 aromatic rings. The summed E-state index contributed by atoms with van der Waals surface area (Å²) in [5, 5.41) is 10.6. The Kier molecular flexibility index (Phi) is 72.7. The largest absolute Gasteiger partial charge is 0.472 e. The number of carbonyl (C=O) groups excluding carboxylic acids is 4. The van der Waals surface area contributed by atoms with Crippen LogP contribution in [0.2, 0.25) is 0 Å². The second-order valence-electron chi connectivity index (χ2n) is 27.3. The van der Waals surface area contributed by atoms with E-state index in [9.17, 15) is 43.2 Å². The van der Waals surface area contributed by atoms with Crippen LogP contribution in [-0.2, 0) is 65.4 Å². The minimum Gasteiger partial charge on any atom is -0.462 e. The predicted molar refractivity (Wildman–Crippen MR) is 418 cm³/mol. The Bertz CT molecular complexity index is 2260. The van der Waals surface area contributed by atoms with Gasteiger partial charge in [-0.1, -0.05) is 273 Å². The van der Waals surface area contributed by atoms with Gasteiger partial charge in [0.2, 0.25) is 0 Å². The van der Waals surface area contributed by atoms with Gasteiger partial charge in [0.05, 0.1) is 26.4 Å². The fraction of sp³-hybridized carbons (Fsp3) is 0.783. The Morgan fingerprint density at radius 2 is 0.480 bits per heavy atom. The van der Waals surface area contributed by atoms with Gasteiger partial charge in [-0.05, 0) is 148 Å². The van der Waals surface area contributed by atoms with E-state index in [1.807, 2.05) is 0 Å². The number of ether oxygens (including phenoxy) is 4. The molecule has 0 fully saturated rings. The van der Waals surface area contributed by atoms with Crippen LogP contribution in [0.1, 0.15) is 362 Å². The number of unbranched alkanes of at least 4 members (excludes halogenated alkanes) is 37. The molecule has 5 unspecified atom stereocenters. The number of phosphoric ester groups is 2. The SMILES string of the molecule is CCCCC/C=C\C/C=C\C/C=C\CCCCCCCCC(=O)OCC(COP(=O)(O)OCC(O)COP(=O)(O)OCC(COC(=O)CCCCCCC/C=C\CCCCCCCC)OC(=O)CCCCCCC/C=C\CCCCCC)OC(=O)CCCCCCC/C=C\C/C=C\CCCCC. The fourth-order valence-electron chi connectivity index (χ4n) is 11.0. The number of allylic oxidation sites excluding steroid dienone is 14. The Morgan fingerprint density at radius 3 is 0.775 bits per heavy atom. The summed E-state index contributed by atoms with van der Waals surface area (Å²) in [6.45, 7) is 4.80. The Labute approximate surface area is 621 Å². The third-order valence-electron chi connectivity index (χ3n) is 17.3. The summed E-state index contributed by atoms with van der Waals surface area (Å²) in [6, 6.07) is 0. The average molecular weight is 1480 g/mol. The molecule has 0 amide bonds. The molecule has 0 aromatic carbocycles. The highest BCUT2D eigenvalue weighted by Crippen LogP contribution is 2.45. The van der Waals surface area contributed by atoms with E-state index in [2.05, 4.69) is 113 Å². The van der Waals surface area contributed by atoms with Crippen LogP contribution in [0.4, 0.5) is 0 Å². The number of aliphatic hydroxyl groups is 1. The van der Waals surface area contributed by atoms with Gasteiger partial charge in [-0.15, -0.1) is 0 Å². The summed E-state index contributed by atoms with van der Waals surface area (Å²) in [4.78, 5) is 73.0. The molecular formula is C83H148O17P2. The lowest BCUT2D eigenvalue weighted by atomic mass is 10.1. The zero-order chi connectivity index (χ0) is 74.6. The van der Waals surface area contributed by atoms with Crippen LogP contribution < -0.4 is 0 Å². The minimum absolute atomic E-state index is 0.0769. The minimum atomic E-state index is -4.98. The highest BCUT2D eigenvalue weighted by atomic mass is 31.2. The first-order chi connectivity index (χ1) is 49.7. The zero-order valence-corrected chi connectivity index (χ0v) is 66.6. The molecule has 0 bridgehead atoms. The molecule has 102 heavy (non-hydrogen) atoms. The number of hydrogen-bond acceptors (Lipinski definition) is 15. The van der Waals surface area contributed by atoms with Crippen LogP contribution in [0.5, 0.6) is 0 Å². The monoisotopic (exact) mass is 1480 g/mol. The Balaban J connectivity index is 5.36. The van der Waals surface area contributed by atoms with Gasteiger partial charge >= 0.3 is 39.5 Å². The van der Waals surface area contributed by atoms with E-state index in [4.69, 9.17) is 37.0 Å². The standard InChI is InChI=1S/C83H148O17P2/c1-5-9-13-17-21-25-29-33-36-37-38-39-42-45-48-52-56-60-64-68-81(86)94-74-79(100-83(88)70-66-62-58-54-50-46-41-35-31-27-23-19-15-11-7-3)76-98-102(91,92)96-72-77(84)71-95-101(89,90)97-75-78(99-82(87)69-65-61-57-53-49-43-32-28-24-20-16-12-8-4)73-93-80(85)67-63-59-55-51-47-44-40-34-30-26-22-18-14-10-6-2/h21,23,25,27-28,32-36,38-41,77-79,84H,5-20,22,24,26,29-31,37,42-76H2,1-4H3,(H,89,90)(H,91,92)/b25-21-,27-23-,32-28-,36-33-,39-38-,40-34-,41-35-. The van der Waals surface area contributed by atoms with Crippen molar-refractivity contribution in [2.24, 2.45) is 0 Å². The fourth-order valence-corrected chi connectivity index (χ4v) is 12.6. The van der Waals surface area contributed by atoms with Crippen LogP contribution in [0, 0.1) is 0 Å². The lowest BCUT2D eigenvalue weighted by molar-refractivity contribution is -0.161. The van der Waals surface area contributed by atoms with Gasteiger partial charge in [0.25, 0.3) is 0 Å². The van der Waals surface area contributed by atoms with Crippen LogP contribution in [-0.4, -0.2) is 96.7 Å². The first-order valence-electron chi connectivity index (χ1n) is 40.8. The average Bonchev–Trinajstić information content (AvgIpc) is 0.924. The molecule has 17 nitrogen and oxygen atoms in total. The molecule has 0 spiro atoms. The lowest BCUT2D eigenvalue weighted by Crippen LogP contribution is -2.30. The molecule has 0 heterocycles. The van der Waals surface area contributed by atoms with E-state index in [0.29, 0.717) is 25.7 Å². The molecule has 0 aromatic heterocycles. The van der Waals surface area contributed by atoms with Crippen molar-refractivity contribution >= 4 is 39.5 Å². The van der Waals surface area contributed by atoms with Crippen molar-refractivity contribution in [1.82, 2.24) is 0 Å². The second kappa shape index (κ2) is 75.5. The Hall–Kier alpha value is -3.76. The maximum Gasteiger partial charge on any atom is 0.472 e. The highest BCUT2D eigenvalue weighted by molar-refractivity contribution is 7.47. The third-order valence-corrected chi connectivity index (χ3v) is 19.2. The van der Waals surface area contributed by atoms with E-state index < -0.39 is 97.5 Å². The topological polar surface area (TPSA) is 237 Å². The molecular weight excluding hydrogens is 1330 g/mol. The molecule has 0 radical (unpaired) electrons. The summed E-state index contributed by atoms with van der Waals surface area (Å²) in [5.41, 5.74) is 0. The summed E-state index contributed by atoms with van der Waals surface area (Å²) in [7, 11) is -9.96. The maximum atomic E-state index is 13.1. The molecule has 592 valence electrons. The van der Waals surface area contributed by atoms with E-state index in [-0.39, 0.29) is 25.7 Å². The van der Waals surface area contributed by atoms with Crippen molar-refractivity contribution in [2.45, 2.75) is 380 Å². The normalized spacial score (nSPS) is 14.3. The lowest BCUT2D eigenvalue weighted by Gasteiger charge is -2.21. The van der Waals surface area contributed by atoms with E-state index in [1.165, 1.54) is 103 Å². The van der Waals surface area contributed by atoms with Gasteiger partial charge in [-0.3, -0.25) is 37.3 Å². The van der Waals surface area contributed by atoms with Crippen molar-refractivity contribution < 1.29 is 80.2 Å². The zero-order valence-electron chi connectivity index (χ0n) is 64.8. The third kappa shape index (κ3) is 74.5. The van der Waals surface area contributed by atoms with Gasteiger partial charge < -0.3 is 33.8 Å². The summed E-state index contributed by atoms with van der Waals surface area (Å²) < 4.78 is 68.6. The van der Waals surface area contributed by atoms with Gasteiger partial charge in [0.15, 0.2) is 12.2 Å². The van der Waals surface area contributed by atoms with Crippen LogP contribution in [0.3, 0.4) is 0 Å². The Morgan fingerprint density at radius 1 is 0.275 bits per heavy atom. The van der Waals surface area contributed by atoms with Crippen molar-refractivity contribution in [3.05, 3.63) is 85.1 Å². The second-order valence-corrected chi connectivity index (χ2v) is 30.3. The number of phosphoric acid groups is 2. The molecule has 19 heteroatoms. The van der Waals surface area contributed by atoms with Crippen LogP contribution >= 0.6 is 15.6 Å². The van der Waals surface area contributed by atoms with E-state index >= 15 is 0 Å². The number of aliphatic hydroxyl groups excluding tert-OH is 1. The van der Waals surface area contributed by atoms with Gasteiger partial charge in [0, 0.05) is 25.7 Å². The van der Waals surface area contributed by atoms with Crippen molar-refractivity contribution in [3.8, 4) is 0 Å². The van der Waals surface area contributed by atoms with E-state index in [0.717, 1.165) is 180 Å². The first-order valence-corrected chi connectivity index (χ1v) is 43.8. The van der Waals surface area contributed by atoms with Gasteiger partial charge in [0.1, 0.15) is 19.3 Å². The van der Waals surface area contributed by atoms with Crippen molar-refractivity contribution in [2.75, 3.05) is 39.6 Å². The first kappa shape index (κ1) is 98.2. The molecule has 5 atom stereocenters. The summed E-state index contributed by atoms with van der Waals surface area (Å²) in [5.74, 6) is -2.20. The van der Waals surface area contributed by atoms with Crippen LogP contribution in [0.15, 0.2) is 85.1 Å². The quantitative estimate of drug-likeness (QED) is 0.0169. The van der Waals surface area contributed by atoms with Gasteiger partial charge in [-0.25, -0.2) is 9.13 Å². The summed E-state index contributed by atoms with van der Waals surface area (Å²) in [6.07, 6.45) is 78.3. The summed E-state index contributed by atoms with van der Waals surface area (Å²) >= 11 is 0. The highest BCUT2D eigenvalue weighted by Gasteiger charge is 2.30. The van der Waals surface area contributed by atoms with Crippen molar-refractivity contribution in [3.63, 3.8) is 0 Å². The number of esters is 4. The van der Waals surface area contributed by atoms with Gasteiger partial charge in [-0.2, -0.15) is 0 Å². The molecule has 0 saturated carbocycles. The number of hydrogen-bond donors (Lipinski definition) is 3. The molecule has 3 N–H and O–H groups in total. The number of rotatable bonds is 77. The smallest absolute Gasteiger partial charge is 0.462 e. The molecule has 0 saturated heterocycles. The predicted octanol–water partition coefficient (Wildman–Crippen LogP) is 23.8. The van der Waals surface area contributed by atoms with E-state index in [1.54, 1.807) is 0 Å². The molecule has 0 aliphatic heterocycles. The molecule has 0 rings (SSSR count). The molecule has 0 aliphatic carbocycles. The van der Waals surface area contributed by atoms with Crippen LogP contribution in [0.25, 0.3) is 0 Å². The molecule has 0 aliphatic rings. The number of carbonyl (C=O) groups is 4.